The number of piperidine rings is 1. The normalized spacial score (nSPS) is 14.9. The zero-order valence-corrected chi connectivity index (χ0v) is 15.9. The van der Waals surface area contributed by atoms with Gasteiger partial charge >= 0.3 is 6.03 Å². The van der Waals surface area contributed by atoms with E-state index in [1.165, 1.54) is 0 Å². The van der Waals surface area contributed by atoms with Crippen molar-refractivity contribution in [2.45, 2.75) is 19.8 Å². The summed E-state index contributed by atoms with van der Waals surface area (Å²) in [6.45, 7) is 3.75. The molecule has 0 atom stereocenters. The van der Waals surface area contributed by atoms with Crippen LogP contribution in [0, 0.1) is 12.8 Å². The summed E-state index contributed by atoms with van der Waals surface area (Å²) in [5.41, 5.74) is 1.38. The van der Waals surface area contributed by atoms with Crippen LogP contribution >= 0.6 is 23.1 Å². The van der Waals surface area contributed by atoms with E-state index in [-0.39, 0.29) is 11.9 Å². The van der Waals surface area contributed by atoms with Gasteiger partial charge in [0.25, 0.3) is 5.91 Å². The summed E-state index contributed by atoms with van der Waals surface area (Å²) in [5, 5.41) is 10.2. The lowest BCUT2D eigenvalue weighted by atomic mass is 9.96. The molecule has 3 rings (SSSR count). The standard InChI is InChI=1S/C17H20ClN5O2S/c1-11-15(26-22-21-11)16(24)23-8-6-12(7-9-23)10-19-17(25)20-14-4-2-13(18)3-5-14/h2-5,12H,6-10H2,1H3,(H2,19,20,25). The van der Waals surface area contributed by atoms with Crippen LogP contribution in [0.1, 0.15) is 28.2 Å². The van der Waals surface area contributed by atoms with Gasteiger partial charge in [-0.3, -0.25) is 4.79 Å². The van der Waals surface area contributed by atoms with Crippen molar-refractivity contribution >= 4 is 40.8 Å². The Bertz CT molecular complexity index is 772. The number of rotatable bonds is 4. The SMILES string of the molecule is Cc1nnsc1C(=O)N1CCC(CNC(=O)Nc2ccc(Cl)cc2)CC1. The molecule has 1 saturated heterocycles. The van der Waals surface area contributed by atoms with E-state index in [1.54, 1.807) is 31.2 Å². The van der Waals surface area contributed by atoms with Crippen molar-refractivity contribution in [2.75, 3.05) is 25.0 Å². The van der Waals surface area contributed by atoms with Gasteiger partial charge in [-0.05, 0) is 61.5 Å². The van der Waals surface area contributed by atoms with Gasteiger partial charge in [-0.15, -0.1) is 5.10 Å². The Morgan fingerprint density at radius 2 is 1.96 bits per heavy atom. The summed E-state index contributed by atoms with van der Waals surface area (Å²) in [6.07, 6.45) is 1.72. The lowest BCUT2D eigenvalue weighted by Crippen LogP contribution is -2.42. The number of carbonyl (C=O) groups is 2. The van der Waals surface area contributed by atoms with Crippen molar-refractivity contribution in [2.24, 2.45) is 5.92 Å². The second-order valence-electron chi connectivity index (χ2n) is 6.26. The summed E-state index contributed by atoms with van der Waals surface area (Å²) in [4.78, 5) is 26.9. The van der Waals surface area contributed by atoms with E-state index in [0.717, 1.165) is 24.4 Å². The largest absolute Gasteiger partial charge is 0.338 e. The molecule has 0 radical (unpaired) electrons. The molecule has 1 aromatic heterocycles. The van der Waals surface area contributed by atoms with E-state index < -0.39 is 0 Å². The predicted molar refractivity (Wildman–Crippen MR) is 102 cm³/mol. The summed E-state index contributed by atoms with van der Waals surface area (Å²) in [5.74, 6) is 0.361. The minimum atomic E-state index is -0.239. The highest BCUT2D eigenvalue weighted by Crippen LogP contribution is 2.20. The lowest BCUT2D eigenvalue weighted by Gasteiger charge is -2.31. The number of hydrogen-bond donors (Lipinski definition) is 2. The number of benzene rings is 1. The van der Waals surface area contributed by atoms with Gasteiger partial charge in [-0.25, -0.2) is 4.79 Å². The number of halogens is 1. The van der Waals surface area contributed by atoms with Crippen LogP contribution in [0.3, 0.4) is 0 Å². The third-order valence-electron chi connectivity index (χ3n) is 4.40. The van der Waals surface area contributed by atoms with Gasteiger partial charge in [0.1, 0.15) is 4.88 Å². The molecule has 0 spiro atoms. The average molecular weight is 394 g/mol. The Hall–Kier alpha value is -2.19. The van der Waals surface area contributed by atoms with Gasteiger partial charge in [0, 0.05) is 30.3 Å². The quantitative estimate of drug-likeness (QED) is 0.835. The van der Waals surface area contributed by atoms with Crippen molar-refractivity contribution in [1.82, 2.24) is 19.8 Å². The fourth-order valence-electron chi connectivity index (χ4n) is 2.86. The number of nitrogens with one attached hydrogen (secondary N) is 2. The van der Waals surface area contributed by atoms with Crippen LogP contribution in [0.4, 0.5) is 10.5 Å². The molecule has 0 aliphatic carbocycles. The zero-order valence-electron chi connectivity index (χ0n) is 14.4. The molecule has 0 saturated carbocycles. The number of urea groups is 1. The molecule has 0 unspecified atom stereocenters. The van der Waals surface area contributed by atoms with E-state index in [0.29, 0.717) is 46.8 Å². The van der Waals surface area contributed by atoms with Crippen molar-refractivity contribution in [3.63, 3.8) is 0 Å². The van der Waals surface area contributed by atoms with E-state index in [9.17, 15) is 9.59 Å². The fraction of sp³-hybridized carbons (Fsp3) is 0.412. The topological polar surface area (TPSA) is 87.2 Å². The number of aromatic nitrogens is 2. The summed E-state index contributed by atoms with van der Waals surface area (Å²) < 4.78 is 3.82. The molecule has 1 aromatic carbocycles. The lowest BCUT2D eigenvalue weighted by molar-refractivity contribution is 0.0694. The number of carbonyl (C=O) groups excluding carboxylic acids is 2. The molecule has 0 bridgehead atoms. The molecule has 2 N–H and O–H groups in total. The fourth-order valence-corrected chi connectivity index (χ4v) is 3.61. The molecule has 3 amide bonds. The third kappa shape index (κ3) is 4.70. The van der Waals surface area contributed by atoms with Crippen LogP contribution in [-0.2, 0) is 0 Å². The van der Waals surface area contributed by atoms with Crippen molar-refractivity contribution in [3.8, 4) is 0 Å². The van der Waals surface area contributed by atoms with Gasteiger partial charge < -0.3 is 15.5 Å². The molecular weight excluding hydrogens is 374 g/mol. The highest BCUT2D eigenvalue weighted by molar-refractivity contribution is 7.07. The van der Waals surface area contributed by atoms with E-state index in [2.05, 4.69) is 20.2 Å². The van der Waals surface area contributed by atoms with Crippen LogP contribution in [0.2, 0.25) is 5.02 Å². The summed E-state index contributed by atoms with van der Waals surface area (Å²) >= 11 is 6.97. The smallest absolute Gasteiger partial charge is 0.319 e. The molecule has 1 aliphatic heterocycles. The Balaban J connectivity index is 1.41. The van der Waals surface area contributed by atoms with E-state index in [1.807, 2.05) is 4.90 Å². The van der Waals surface area contributed by atoms with Crippen LogP contribution < -0.4 is 10.6 Å². The number of anilines is 1. The summed E-state index contributed by atoms with van der Waals surface area (Å²) in [6, 6.07) is 6.72. The monoisotopic (exact) mass is 393 g/mol. The number of aryl methyl sites for hydroxylation is 1. The second kappa shape index (κ2) is 8.46. The first-order valence-corrected chi connectivity index (χ1v) is 9.56. The second-order valence-corrected chi connectivity index (χ2v) is 7.46. The van der Waals surface area contributed by atoms with E-state index >= 15 is 0 Å². The average Bonchev–Trinajstić information content (AvgIpc) is 3.08. The Labute approximate surface area is 160 Å². The van der Waals surface area contributed by atoms with Gasteiger partial charge in [-0.1, -0.05) is 16.1 Å². The Morgan fingerprint density at radius 1 is 1.27 bits per heavy atom. The molecule has 26 heavy (non-hydrogen) atoms. The summed E-state index contributed by atoms with van der Waals surface area (Å²) in [7, 11) is 0. The minimum Gasteiger partial charge on any atom is -0.338 e. The maximum absolute atomic E-state index is 12.4. The molecule has 1 fully saturated rings. The molecule has 9 heteroatoms. The number of nitrogens with zero attached hydrogens (tertiary/aromatic N) is 3. The maximum Gasteiger partial charge on any atom is 0.319 e. The number of amides is 3. The highest BCUT2D eigenvalue weighted by Gasteiger charge is 2.26. The predicted octanol–water partition coefficient (Wildman–Crippen LogP) is 3.17. The van der Waals surface area contributed by atoms with Crippen molar-refractivity contribution in [1.29, 1.82) is 0 Å². The molecule has 2 aromatic rings. The van der Waals surface area contributed by atoms with Gasteiger partial charge in [-0.2, -0.15) is 0 Å². The Kier molecular flexibility index (Phi) is 6.05. The van der Waals surface area contributed by atoms with Gasteiger partial charge in [0.05, 0.1) is 5.69 Å². The number of hydrogen-bond acceptors (Lipinski definition) is 5. The molecule has 138 valence electrons. The highest BCUT2D eigenvalue weighted by atomic mass is 35.5. The van der Waals surface area contributed by atoms with Crippen molar-refractivity contribution in [3.05, 3.63) is 39.9 Å². The first-order valence-electron chi connectivity index (χ1n) is 8.41. The maximum atomic E-state index is 12.4. The molecule has 2 heterocycles. The molecular formula is C17H20ClN5O2S. The van der Waals surface area contributed by atoms with Gasteiger partial charge in [0.2, 0.25) is 0 Å². The Morgan fingerprint density at radius 3 is 2.58 bits per heavy atom. The molecule has 7 nitrogen and oxygen atoms in total. The van der Waals surface area contributed by atoms with E-state index in [4.69, 9.17) is 11.6 Å². The van der Waals surface area contributed by atoms with Crippen molar-refractivity contribution < 1.29 is 9.59 Å². The van der Waals surface area contributed by atoms with Crippen LogP contribution in [-0.4, -0.2) is 46.1 Å². The number of likely N-dealkylation sites (tertiary alicyclic amines) is 1. The zero-order chi connectivity index (χ0) is 18.5. The third-order valence-corrected chi connectivity index (χ3v) is 5.47. The van der Waals surface area contributed by atoms with Crippen LogP contribution in [0.25, 0.3) is 0 Å². The van der Waals surface area contributed by atoms with Gasteiger partial charge in [0.15, 0.2) is 0 Å². The molecule has 1 aliphatic rings. The van der Waals surface area contributed by atoms with Crippen LogP contribution in [0.15, 0.2) is 24.3 Å². The van der Waals surface area contributed by atoms with Crippen LogP contribution in [0.5, 0.6) is 0 Å². The first kappa shape index (κ1) is 18.6. The first-order chi connectivity index (χ1) is 12.5. The minimum absolute atomic E-state index is 0.00407.